The van der Waals surface area contributed by atoms with Crippen molar-refractivity contribution in [3.8, 4) is 0 Å². The van der Waals surface area contributed by atoms with Crippen molar-refractivity contribution in [1.82, 2.24) is 5.48 Å². The van der Waals surface area contributed by atoms with Gasteiger partial charge in [0.05, 0.1) is 7.11 Å². The van der Waals surface area contributed by atoms with Crippen molar-refractivity contribution in [3.63, 3.8) is 0 Å². The zero-order valence-electron chi connectivity index (χ0n) is 6.60. The minimum Gasteiger partial charge on any atom is -0.305 e. The van der Waals surface area contributed by atoms with Crippen LogP contribution in [0.4, 0.5) is 0 Å². The van der Waals surface area contributed by atoms with Crippen LogP contribution in [0.5, 0.6) is 0 Å². The molecule has 0 aromatic heterocycles. The fraction of sp³-hybridized carbons (Fsp3) is 0.250. The van der Waals surface area contributed by atoms with E-state index >= 15 is 0 Å². The average molecular weight is 206 g/mol. The lowest BCUT2D eigenvalue weighted by atomic mass is 10.2. The number of hydrogen-bond acceptors (Lipinski definition) is 2. The smallest absolute Gasteiger partial charge is 0.0572 e. The highest BCUT2D eigenvalue weighted by molar-refractivity contribution is 6.35. The Balaban J connectivity index is 2.72. The Hall–Kier alpha value is -0.280. The molecule has 0 saturated carbocycles. The van der Waals surface area contributed by atoms with E-state index in [1.807, 2.05) is 6.07 Å². The molecule has 0 spiro atoms. The molecule has 2 nitrogen and oxygen atoms in total. The summed E-state index contributed by atoms with van der Waals surface area (Å²) in [6.45, 7) is 0.576. The maximum absolute atomic E-state index is 5.89. The van der Waals surface area contributed by atoms with Gasteiger partial charge in [0.2, 0.25) is 0 Å². The Kier molecular flexibility index (Phi) is 3.82. The molecule has 0 aliphatic carbocycles. The molecular weight excluding hydrogens is 197 g/mol. The molecule has 0 atom stereocenters. The molecule has 1 N–H and O–H groups in total. The van der Waals surface area contributed by atoms with Crippen LogP contribution in [-0.4, -0.2) is 7.11 Å². The van der Waals surface area contributed by atoms with E-state index in [4.69, 9.17) is 23.2 Å². The van der Waals surface area contributed by atoms with Gasteiger partial charge >= 0.3 is 0 Å². The Morgan fingerprint density at radius 3 is 2.75 bits per heavy atom. The van der Waals surface area contributed by atoms with Crippen LogP contribution < -0.4 is 5.48 Å². The maximum Gasteiger partial charge on any atom is 0.0572 e. The summed E-state index contributed by atoms with van der Waals surface area (Å²) < 4.78 is 0. The summed E-state index contributed by atoms with van der Waals surface area (Å²) in [5.74, 6) is 0. The molecule has 0 aliphatic rings. The van der Waals surface area contributed by atoms with Gasteiger partial charge in [-0.1, -0.05) is 29.3 Å². The van der Waals surface area contributed by atoms with Crippen molar-refractivity contribution >= 4 is 23.2 Å². The normalized spacial score (nSPS) is 10.2. The zero-order chi connectivity index (χ0) is 8.97. The lowest BCUT2D eigenvalue weighted by Gasteiger charge is -2.04. The minimum atomic E-state index is 0.576. The molecule has 12 heavy (non-hydrogen) atoms. The van der Waals surface area contributed by atoms with Gasteiger partial charge in [0.1, 0.15) is 0 Å². The van der Waals surface area contributed by atoms with E-state index in [1.54, 1.807) is 19.2 Å². The van der Waals surface area contributed by atoms with Crippen LogP contribution in [0.2, 0.25) is 10.0 Å². The molecule has 0 amide bonds. The number of halogens is 2. The van der Waals surface area contributed by atoms with Crippen LogP contribution in [0, 0.1) is 0 Å². The Morgan fingerprint density at radius 1 is 1.42 bits per heavy atom. The molecule has 0 heterocycles. The lowest BCUT2D eigenvalue weighted by molar-refractivity contribution is 0.0867. The van der Waals surface area contributed by atoms with Crippen LogP contribution in [0.25, 0.3) is 0 Å². The summed E-state index contributed by atoms with van der Waals surface area (Å²) in [7, 11) is 1.56. The van der Waals surface area contributed by atoms with Crippen LogP contribution >= 0.6 is 23.2 Å². The minimum absolute atomic E-state index is 0.576. The maximum atomic E-state index is 5.89. The number of hydrogen-bond donors (Lipinski definition) is 1. The molecular formula is C8H9Cl2NO. The largest absolute Gasteiger partial charge is 0.305 e. The molecule has 1 rings (SSSR count). The zero-order valence-corrected chi connectivity index (χ0v) is 8.12. The highest BCUT2D eigenvalue weighted by Gasteiger charge is 1.99. The lowest BCUT2D eigenvalue weighted by Crippen LogP contribution is -2.10. The highest BCUT2D eigenvalue weighted by Crippen LogP contribution is 2.20. The Labute approximate surface area is 81.4 Å². The topological polar surface area (TPSA) is 21.3 Å². The molecule has 1 aromatic rings. The predicted molar refractivity (Wildman–Crippen MR) is 50.3 cm³/mol. The van der Waals surface area contributed by atoms with Gasteiger partial charge in [-0.15, -0.1) is 0 Å². The second-order valence-corrected chi connectivity index (χ2v) is 3.10. The first kappa shape index (κ1) is 9.81. The van der Waals surface area contributed by atoms with Crippen molar-refractivity contribution < 1.29 is 4.84 Å². The number of hydroxylamine groups is 1. The van der Waals surface area contributed by atoms with E-state index < -0.39 is 0 Å². The Morgan fingerprint density at radius 2 is 2.17 bits per heavy atom. The summed E-state index contributed by atoms with van der Waals surface area (Å²) >= 11 is 11.6. The average Bonchev–Trinajstić information content (AvgIpc) is 2.03. The van der Waals surface area contributed by atoms with Crippen LogP contribution in [0.15, 0.2) is 18.2 Å². The third-order valence-corrected chi connectivity index (χ3v) is 2.01. The molecule has 0 bridgehead atoms. The SMILES string of the molecule is CONCc1ccc(Cl)cc1Cl. The third-order valence-electron chi connectivity index (χ3n) is 1.42. The molecule has 0 saturated heterocycles. The van der Waals surface area contributed by atoms with Gasteiger partial charge in [0.25, 0.3) is 0 Å². The van der Waals surface area contributed by atoms with Crippen molar-refractivity contribution in [1.29, 1.82) is 0 Å². The Bertz CT molecular complexity index is 265. The fourth-order valence-corrected chi connectivity index (χ4v) is 1.29. The first-order valence-corrected chi connectivity index (χ1v) is 4.19. The molecule has 0 unspecified atom stereocenters. The number of nitrogens with one attached hydrogen (secondary N) is 1. The summed E-state index contributed by atoms with van der Waals surface area (Å²) in [6, 6.07) is 5.35. The monoisotopic (exact) mass is 205 g/mol. The van der Waals surface area contributed by atoms with Gasteiger partial charge in [-0.3, -0.25) is 0 Å². The first-order chi connectivity index (χ1) is 5.74. The van der Waals surface area contributed by atoms with Crippen LogP contribution in [-0.2, 0) is 11.4 Å². The van der Waals surface area contributed by atoms with Crippen LogP contribution in [0.3, 0.4) is 0 Å². The molecule has 0 fully saturated rings. The number of rotatable bonds is 3. The van der Waals surface area contributed by atoms with E-state index in [0.717, 1.165) is 5.56 Å². The molecule has 66 valence electrons. The van der Waals surface area contributed by atoms with Crippen LogP contribution in [0.1, 0.15) is 5.56 Å². The number of benzene rings is 1. The predicted octanol–water partition coefficient (Wildman–Crippen LogP) is 2.64. The van der Waals surface area contributed by atoms with Gasteiger partial charge < -0.3 is 4.84 Å². The summed E-state index contributed by atoms with van der Waals surface area (Å²) in [4.78, 5) is 4.69. The van der Waals surface area contributed by atoms with E-state index in [1.165, 1.54) is 0 Å². The van der Waals surface area contributed by atoms with E-state index in [-0.39, 0.29) is 0 Å². The summed E-state index contributed by atoms with van der Waals surface area (Å²) in [5.41, 5.74) is 3.66. The van der Waals surface area contributed by atoms with Crippen molar-refractivity contribution in [3.05, 3.63) is 33.8 Å². The second-order valence-electron chi connectivity index (χ2n) is 2.26. The fourth-order valence-electron chi connectivity index (χ4n) is 0.815. The van der Waals surface area contributed by atoms with Gasteiger partial charge in [-0.2, -0.15) is 5.48 Å². The van der Waals surface area contributed by atoms with E-state index in [2.05, 4.69) is 10.3 Å². The molecule has 1 aromatic carbocycles. The van der Waals surface area contributed by atoms with Gasteiger partial charge in [-0.25, -0.2) is 0 Å². The summed E-state index contributed by atoms with van der Waals surface area (Å²) in [5, 5.41) is 1.29. The summed E-state index contributed by atoms with van der Waals surface area (Å²) in [6.07, 6.45) is 0. The van der Waals surface area contributed by atoms with Crippen molar-refractivity contribution in [2.24, 2.45) is 0 Å². The van der Waals surface area contributed by atoms with Gasteiger partial charge in [0.15, 0.2) is 0 Å². The van der Waals surface area contributed by atoms with Crippen molar-refractivity contribution in [2.75, 3.05) is 7.11 Å². The second kappa shape index (κ2) is 4.67. The highest BCUT2D eigenvalue weighted by atomic mass is 35.5. The standard InChI is InChI=1S/C8H9Cl2NO/c1-12-11-5-6-2-3-7(9)4-8(6)10/h2-4,11H,5H2,1H3. The quantitative estimate of drug-likeness (QED) is 0.767. The molecule has 0 aliphatic heterocycles. The van der Waals surface area contributed by atoms with E-state index in [0.29, 0.717) is 16.6 Å². The van der Waals surface area contributed by atoms with E-state index in [9.17, 15) is 0 Å². The first-order valence-electron chi connectivity index (χ1n) is 3.44. The molecule has 4 heteroatoms. The van der Waals surface area contributed by atoms with Crippen molar-refractivity contribution in [2.45, 2.75) is 6.54 Å². The van der Waals surface area contributed by atoms with Gasteiger partial charge in [-0.05, 0) is 17.7 Å². The third kappa shape index (κ3) is 2.64. The molecule has 0 radical (unpaired) electrons. The van der Waals surface area contributed by atoms with Gasteiger partial charge in [0, 0.05) is 16.6 Å².